The molecule has 0 atom stereocenters. The van der Waals surface area contributed by atoms with Crippen molar-refractivity contribution in [2.75, 3.05) is 18.0 Å². The molecule has 0 saturated carbocycles. The molecule has 21 heavy (non-hydrogen) atoms. The van der Waals surface area contributed by atoms with Gasteiger partial charge in [0.1, 0.15) is 0 Å². The molecule has 0 amide bonds. The number of aryl methyl sites for hydroxylation is 2. The second-order valence-corrected chi connectivity index (χ2v) is 5.81. The van der Waals surface area contributed by atoms with Gasteiger partial charge < -0.3 is 10.6 Å². The highest BCUT2D eigenvalue weighted by atomic mass is 15.1. The Bertz CT molecular complexity index is 622. The average Bonchev–Trinajstić information content (AvgIpc) is 2.69. The lowest BCUT2D eigenvalue weighted by molar-refractivity contribution is 0.791. The van der Waals surface area contributed by atoms with Gasteiger partial charge in [0.05, 0.1) is 0 Å². The molecule has 0 bridgehead atoms. The highest BCUT2D eigenvalue weighted by Gasteiger charge is 2.17. The summed E-state index contributed by atoms with van der Waals surface area (Å²) in [5.74, 6) is 0. The van der Waals surface area contributed by atoms with Crippen LogP contribution in [-0.4, -0.2) is 18.1 Å². The van der Waals surface area contributed by atoms with Gasteiger partial charge in [-0.2, -0.15) is 0 Å². The Hall–Kier alpha value is -1.87. The van der Waals surface area contributed by atoms with Gasteiger partial charge in [-0.3, -0.25) is 4.98 Å². The van der Waals surface area contributed by atoms with E-state index in [0.717, 1.165) is 37.3 Å². The Morgan fingerprint density at radius 2 is 1.71 bits per heavy atom. The maximum atomic E-state index is 5.96. The summed E-state index contributed by atoms with van der Waals surface area (Å²) in [7, 11) is 0. The summed E-state index contributed by atoms with van der Waals surface area (Å²) < 4.78 is 0. The van der Waals surface area contributed by atoms with E-state index in [-0.39, 0.29) is 0 Å². The zero-order valence-corrected chi connectivity index (χ0v) is 12.9. The zero-order valence-electron chi connectivity index (χ0n) is 12.9. The Kier molecular flexibility index (Phi) is 3.93. The molecular formula is C18H23N3. The van der Waals surface area contributed by atoms with E-state index < -0.39 is 0 Å². The third-order valence-corrected chi connectivity index (χ3v) is 4.40. The average molecular weight is 281 g/mol. The first-order valence-electron chi connectivity index (χ1n) is 7.68. The van der Waals surface area contributed by atoms with Gasteiger partial charge in [0.25, 0.3) is 0 Å². The van der Waals surface area contributed by atoms with Gasteiger partial charge in [-0.1, -0.05) is 24.3 Å². The lowest BCUT2D eigenvalue weighted by Crippen LogP contribution is -2.28. The standard InChI is InChI=1S/C18H23N3/c1-13-11-18(17(12-19)14(2)20-13)21-9-7-15-5-3-4-6-16(15)8-10-21/h3-6,11H,7-10,12,19H2,1-2H3. The molecular weight excluding hydrogens is 258 g/mol. The van der Waals surface area contributed by atoms with Gasteiger partial charge in [0.2, 0.25) is 0 Å². The van der Waals surface area contributed by atoms with E-state index in [1.807, 2.05) is 0 Å². The molecule has 3 heteroatoms. The van der Waals surface area contributed by atoms with Crippen LogP contribution in [-0.2, 0) is 19.4 Å². The van der Waals surface area contributed by atoms with E-state index in [1.54, 1.807) is 0 Å². The smallest absolute Gasteiger partial charge is 0.0448 e. The van der Waals surface area contributed by atoms with Gasteiger partial charge in [0.15, 0.2) is 0 Å². The molecule has 1 aromatic carbocycles. The summed E-state index contributed by atoms with van der Waals surface area (Å²) in [5.41, 5.74) is 13.5. The lowest BCUT2D eigenvalue weighted by atomic mass is 10.0. The second kappa shape index (κ2) is 5.86. The van der Waals surface area contributed by atoms with Crippen LogP contribution in [0.25, 0.3) is 0 Å². The molecule has 3 nitrogen and oxygen atoms in total. The third-order valence-electron chi connectivity index (χ3n) is 4.40. The van der Waals surface area contributed by atoms with Gasteiger partial charge in [-0.25, -0.2) is 0 Å². The zero-order chi connectivity index (χ0) is 14.8. The minimum atomic E-state index is 0.553. The molecule has 0 radical (unpaired) electrons. The number of aromatic nitrogens is 1. The first kappa shape index (κ1) is 14.1. The van der Waals surface area contributed by atoms with Crippen molar-refractivity contribution in [3.63, 3.8) is 0 Å². The van der Waals surface area contributed by atoms with Crippen molar-refractivity contribution >= 4 is 5.69 Å². The monoisotopic (exact) mass is 281 g/mol. The summed E-state index contributed by atoms with van der Waals surface area (Å²) in [4.78, 5) is 7.03. The highest BCUT2D eigenvalue weighted by Crippen LogP contribution is 2.26. The van der Waals surface area contributed by atoms with Crippen LogP contribution >= 0.6 is 0 Å². The Balaban J connectivity index is 1.93. The van der Waals surface area contributed by atoms with Crippen LogP contribution in [0, 0.1) is 13.8 Å². The van der Waals surface area contributed by atoms with Gasteiger partial charge in [0, 0.05) is 42.3 Å². The molecule has 3 rings (SSSR count). The molecule has 0 aliphatic carbocycles. The van der Waals surface area contributed by atoms with E-state index in [0.29, 0.717) is 6.54 Å². The van der Waals surface area contributed by atoms with E-state index in [2.05, 4.69) is 54.1 Å². The van der Waals surface area contributed by atoms with Crippen LogP contribution in [0.1, 0.15) is 28.1 Å². The third kappa shape index (κ3) is 2.79. The normalized spacial score (nSPS) is 14.7. The molecule has 1 aliphatic heterocycles. The van der Waals surface area contributed by atoms with Crippen molar-refractivity contribution in [2.24, 2.45) is 5.73 Å². The number of benzene rings is 1. The molecule has 1 aliphatic rings. The largest absolute Gasteiger partial charge is 0.371 e. The van der Waals surface area contributed by atoms with Crippen LogP contribution in [0.5, 0.6) is 0 Å². The van der Waals surface area contributed by atoms with Crippen molar-refractivity contribution in [1.82, 2.24) is 4.98 Å². The molecule has 2 N–H and O–H groups in total. The Morgan fingerprint density at radius 3 is 2.29 bits per heavy atom. The quantitative estimate of drug-likeness (QED) is 0.920. The van der Waals surface area contributed by atoms with Crippen molar-refractivity contribution in [3.05, 3.63) is 58.4 Å². The van der Waals surface area contributed by atoms with Crippen LogP contribution in [0.4, 0.5) is 5.69 Å². The first-order valence-corrected chi connectivity index (χ1v) is 7.68. The number of hydrogen-bond acceptors (Lipinski definition) is 3. The fourth-order valence-electron chi connectivity index (χ4n) is 3.28. The highest BCUT2D eigenvalue weighted by molar-refractivity contribution is 5.57. The molecule has 1 aromatic heterocycles. The summed E-state index contributed by atoms with van der Waals surface area (Å²) in [6, 6.07) is 11.0. The Labute approximate surface area is 126 Å². The predicted octanol–water partition coefficient (Wildman–Crippen LogP) is 2.76. The van der Waals surface area contributed by atoms with Crippen molar-refractivity contribution in [2.45, 2.75) is 33.2 Å². The predicted molar refractivity (Wildman–Crippen MR) is 87.7 cm³/mol. The number of nitrogens with zero attached hydrogens (tertiary/aromatic N) is 2. The van der Waals surface area contributed by atoms with Crippen LogP contribution < -0.4 is 10.6 Å². The van der Waals surface area contributed by atoms with E-state index >= 15 is 0 Å². The molecule has 0 spiro atoms. The van der Waals surface area contributed by atoms with Crippen molar-refractivity contribution in [1.29, 1.82) is 0 Å². The summed E-state index contributed by atoms with van der Waals surface area (Å²) in [6.45, 7) is 6.77. The molecule has 0 unspecified atom stereocenters. The van der Waals surface area contributed by atoms with Crippen LogP contribution in [0.15, 0.2) is 30.3 Å². The maximum Gasteiger partial charge on any atom is 0.0448 e. The molecule has 0 fully saturated rings. The van der Waals surface area contributed by atoms with Gasteiger partial charge >= 0.3 is 0 Å². The summed E-state index contributed by atoms with van der Waals surface area (Å²) in [6.07, 6.45) is 2.20. The molecule has 2 heterocycles. The number of nitrogens with two attached hydrogens (primary N) is 1. The summed E-state index contributed by atoms with van der Waals surface area (Å²) >= 11 is 0. The van der Waals surface area contributed by atoms with E-state index in [9.17, 15) is 0 Å². The van der Waals surface area contributed by atoms with E-state index in [4.69, 9.17) is 5.73 Å². The van der Waals surface area contributed by atoms with E-state index in [1.165, 1.54) is 22.4 Å². The molecule has 2 aromatic rings. The van der Waals surface area contributed by atoms with Crippen LogP contribution in [0.3, 0.4) is 0 Å². The first-order chi connectivity index (χ1) is 10.2. The van der Waals surface area contributed by atoms with Crippen molar-refractivity contribution in [3.8, 4) is 0 Å². The minimum Gasteiger partial charge on any atom is -0.371 e. The topological polar surface area (TPSA) is 42.1 Å². The van der Waals surface area contributed by atoms with Crippen LogP contribution in [0.2, 0.25) is 0 Å². The summed E-state index contributed by atoms with van der Waals surface area (Å²) in [5, 5.41) is 0. The number of hydrogen-bond donors (Lipinski definition) is 1. The van der Waals surface area contributed by atoms with Gasteiger partial charge in [-0.15, -0.1) is 0 Å². The molecule has 110 valence electrons. The number of rotatable bonds is 2. The van der Waals surface area contributed by atoms with Gasteiger partial charge in [-0.05, 0) is 43.9 Å². The fraction of sp³-hybridized carbons (Fsp3) is 0.389. The van der Waals surface area contributed by atoms with Crippen molar-refractivity contribution < 1.29 is 0 Å². The minimum absolute atomic E-state index is 0.553. The fourth-order valence-corrected chi connectivity index (χ4v) is 3.28. The SMILES string of the molecule is Cc1cc(N2CCc3ccccc3CC2)c(CN)c(C)n1. The number of fused-ring (bicyclic) bond motifs is 1. The maximum absolute atomic E-state index is 5.96. The second-order valence-electron chi connectivity index (χ2n) is 5.81. The number of pyridine rings is 1. The lowest BCUT2D eigenvalue weighted by Gasteiger charge is -2.26. The molecule has 0 saturated heterocycles. The Morgan fingerprint density at radius 1 is 1.10 bits per heavy atom. The number of anilines is 1.